The molecule has 0 radical (unpaired) electrons. The van der Waals surface area contributed by atoms with Gasteiger partial charge in [0.15, 0.2) is 5.69 Å². The van der Waals surface area contributed by atoms with Crippen molar-refractivity contribution in [1.29, 1.82) is 0 Å². The van der Waals surface area contributed by atoms with Crippen LogP contribution in [0.4, 0.5) is 0 Å². The molecule has 0 bridgehead atoms. The van der Waals surface area contributed by atoms with Gasteiger partial charge in [-0.15, -0.1) is 0 Å². The Hall–Kier alpha value is -2.62. The van der Waals surface area contributed by atoms with Crippen molar-refractivity contribution in [3.63, 3.8) is 0 Å². The van der Waals surface area contributed by atoms with Gasteiger partial charge in [-0.2, -0.15) is 0 Å². The molecule has 0 unspecified atom stereocenters. The second-order valence-corrected chi connectivity index (χ2v) is 3.87. The number of fused-ring (bicyclic) bond motifs is 1. The van der Waals surface area contributed by atoms with Crippen molar-refractivity contribution in [1.82, 2.24) is 4.98 Å². The Morgan fingerprint density at radius 2 is 1.89 bits per heavy atom. The van der Waals surface area contributed by atoms with Gasteiger partial charge in [-0.1, -0.05) is 36.4 Å². The number of hydrogen-bond donors (Lipinski definition) is 1. The van der Waals surface area contributed by atoms with Crippen molar-refractivity contribution in [3.05, 3.63) is 54.4 Å². The predicted octanol–water partition coefficient (Wildman–Crippen LogP) is 3.19. The predicted molar refractivity (Wildman–Crippen MR) is 66.4 cm³/mol. The summed E-state index contributed by atoms with van der Waals surface area (Å²) in [7, 11) is 0. The normalized spacial score (nSPS) is 10.7. The van der Waals surface area contributed by atoms with Gasteiger partial charge < -0.3 is 9.52 Å². The quantitative estimate of drug-likeness (QED) is 0.745. The van der Waals surface area contributed by atoms with Crippen LogP contribution >= 0.6 is 0 Å². The number of rotatable bonds is 2. The van der Waals surface area contributed by atoms with Crippen LogP contribution in [0.15, 0.2) is 53.1 Å². The third-order valence-electron chi connectivity index (χ3n) is 2.74. The van der Waals surface area contributed by atoms with Crippen molar-refractivity contribution in [3.8, 4) is 11.5 Å². The monoisotopic (exact) mass is 239 g/mol. The maximum Gasteiger partial charge on any atom is 0.357 e. The molecule has 0 fully saturated rings. The van der Waals surface area contributed by atoms with Crippen LogP contribution in [0.1, 0.15) is 10.5 Å². The van der Waals surface area contributed by atoms with E-state index in [1.807, 2.05) is 42.5 Å². The second kappa shape index (κ2) is 4.00. The van der Waals surface area contributed by atoms with Gasteiger partial charge in [0.2, 0.25) is 5.89 Å². The Labute approximate surface area is 103 Å². The highest BCUT2D eigenvalue weighted by molar-refractivity contribution is 5.95. The van der Waals surface area contributed by atoms with Crippen LogP contribution in [-0.4, -0.2) is 16.1 Å². The van der Waals surface area contributed by atoms with Gasteiger partial charge in [0.1, 0.15) is 6.26 Å². The van der Waals surface area contributed by atoms with Gasteiger partial charge in [0.05, 0.1) is 0 Å². The SMILES string of the molecule is O=C(O)c1coc(-c2cccc3ccccc23)n1. The van der Waals surface area contributed by atoms with Crippen molar-refractivity contribution in [2.45, 2.75) is 0 Å². The standard InChI is InChI=1S/C14H9NO3/c16-14(17)12-8-18-13(15-12)11-7-3-5-9-4-1-2-6-10(9)11/h1-8H,(H,16,17). The summed E-state index contributed by atoms with van der Waals surface area (Å²) in [6.07, 6.45) is 1.15. The Bertz CT molecular complexity index is 725. The van der Waals surface area contributed by atoms with Crippen LogP contribution in [0, 0.1) is 0 Å². The van der Waals surface area contributed by atoms with Gasteiger partial charge in [-0.3, -0.25) is 0 Å². The number of carboxylic acids is 1. The van der Waals surface area contributed by atoms with Crippen LogP contribution in [0.25, 0.3) is 22.2 Å². The molecule has 0 aliphatic heterocycles. The number of hydrogen-bond acceptors (Lipinski definition) is 3. The van der Waals surface area contributed by atoms with E-state index in [-0.39, 0.29) is 5.69 Å². The molecular formula is C14H9NO3. The summed E-state index contributed by atoms with van der Waals surface area (Å²) in [4.78, 5) is 14.8. The van der Waals surface area contributed by atoms with Crippen molar-refractivity contribution >= 4 is 16.7 Å². The molecule has 0 saturated heterocycles. The molecule has 18 heavy (non-hydrogen) atoms. The van der Waals surface area contributed by atoms with Crippen LogP contribution in [0.2, 0.25) is 0 Å². The van der Waals surface area contributed by atoms with E-state index >= 15 is 0 Å². The van der Waals surface area contributed by atoms with Crippen molar-refractivity contribution in [2.24, 2.45) is 0 Å². The molecule has 88 valence electrons. The van der Waals surface area contributed by atoms with E-state index < -0.39 is 5.97 Å². The molecule has 0 aliphatic carbocycles. The average molecular weight is 239 g/mol. The Morgan fingerprint density at radius 1 is 1.11 bits per heavy atom. The molecule has 2 aromatic carbocycles. The topological polar surface area (TPSA) is 63.3 Å². The van der Waals surface area contributed by atoms with Crippen LogP contribution in [-0.2, 0) is 0 Å². The lowest BCUT2D eigenvalue weighted by Crippen LogP contribution is -1.95. The Kier molecular flexibility index (Phi) is 2.34. The molecule has 1 heterocycles. The summed E-state index contributed by atoms with van der Waals surface area (Å²) in [6.45, 7) is 0. The summed E-state index contributed by atoms with van der Waals surface area (Å²) < 4.78 is 5.23. The van der Waals surface area contributed by atoms with Crippen LogP contribution in [0.3, 0.4) is 0 Å². The minimum absolute atomic E-state index is 0.0852. The minimum Gasteiger partial charge on any atom is -0.476 e. The second-order valence-electron chi connectivity index (χ2n) is 3.87. The van der Waals surface area contributed by atoms with Gasteiger partial charge in [0, 0.05) is 5.56 Å². The van der Waals surface area contributed by atoms with Gasteiger partial charge in [-0.25, -0.2) is 9.78 Å². The zero-order valence-corrected chi connectivity index (χ0v) is 9.33. The first-order chi connectivity index (χ1) is 8.75. The largest absolute Gasteiger partial charge is 0.476 e. The molecule has 0 aliphatic rings. The molecule has 0 spiro atoms. The average Bonchev–Trinajstić information content (AvgIpc) is 2.87. The first-order valence-electron chi connectivity index (χ1n) is 5.42. The van der Waals surface area contributed by atoms with E-state index in [4.69, 9.17) is 9.52 Å². The summed E-state index contributed by atoms with van der Waals surface area (Å²) in [5.74, 6) is -0.769. The smallest absolute Gasteiger partial charge is 0.357 e. The summed E-state index contributed by atoms with van der Waals surface area (Å²) in [6, 6.07) is 13.6. The fourth-order valence-electron chi connectivity index (χ4n) is 1.91. The fraction of sp³-hybridized carbons (Fsp3) is 0. The fourth-order valence-corrected chi connectivity index (χ4v) is 1.91. The summed E-state index contributed by atoms with van der Waals surface area (Å²) in [5.41, 5.74) is 0.707. The highest BCUT2D eigenvalue weighted by atomic mass is 16.4. The highest BCUT2D eigenvalue weighted by Crippen LogP contribution is 2.27. The van der Waals surface area contributed by atoms with E-state index in [9.17, 15) is 4.79 Å². The third-order valence-corrected chi connectivity index (χ3v) is 2.74. The van der Waals surface area contributed by atoms with E-state index in [1.54, 1.807) is 0 Å². The third kappa shape index (κ3) is 1.64. The highest BCUT2D eigenvalue weighted by Gasteiger charge is 2.13. The Morgan fingerprint density at radius 3 is 2.67 bits per heavy atom. The van der Waals surface area contributed by atoms with Gasteiger partial charge >= 0.3 is 5.97 Å². The molecule has 1 N–H and O–H groups in total. The minimum atomic E-state index is -1.09. The van der Waals surface area contributed by atoms with Gasteiger partial charge in [0.25, 0.3) is 0 Å². The first-order valence-corrected chi connectivity index (χ1v) is 5.42. The number of aromatic carboxylic acids is 1. The van der Waals surface area contributed by atoms with Gasteiger partial charge in [-0.05, 0) is 16.8 Å². The molecule has 0 amide bonds. The maximum atomic E-state index is 10.8. The van der Waals surface area contributed by atoms with Crippen molar-refractivity contribution in [2.75, 3.05) is 0 Å². The summed E-state index contributed by atoms with van der Waals surface area (Å²) in [5, 5.41) is 10.9. The molecular weight excluding hydrogens is 230 g/mol. The number of oxazole rings is 1. The molecule has 3 aromatic rings. The molecule has 3 rings (SSSR count). The number of carboxylic acid groups (broad SMARTS) is 1. The van der Waals surface area contributed by atoms with E-state index in [1.165, 1.54) is 0 Å². The summed E-state index contributed by atoms with van der Waals surface area (Å²) >= 11 is 0. The van der Waals surface area contributed by atoms with Crippen LogP contribution in [0.5, 0.6) is 0 Å². The molecule has 4 nitrogen and oxygen atoms in total. The number of benzene rings is 2. The number of nitrogens with zero attached hydrogens (tertiary/aromatic N) is 1. The molecule has 0 saturated carbocycles. The lowest BCUT2D eigenvalue weighted by Gasteiger charge is -2.01. The maximum absolute atomic E-state index is 10.8. The first kappa shape index (κ1) is 10.5. The zero-order valence-electron chi connectivity index (χ0n) is 9.33. The molecule has 4 heteroatoms. The number of carbonyl (C=O) groups is 1. The molecule has 1 aromatic heterocycles. The molecule has 0 atom stereocenters. The zero-order chi connectivity index (χ0) is 12.5. The lowest BCUT2D eigenvalue weighted by molar-refractivity contribution is 0.0690. The van der Waals surface area contributed by atoms with E-state index in [0.29, 0.717) is 5.89 Å². The van der Waals surface area contributed by atoms with E-state index in [0.717, 1.165) is 22.6 Å². The lowest BCUT2D eigenvalue weighted by atomic mass is 10.0. The Balaban J connectivity index is 2.21. The van der Waals surface area contributed by atoms with Crippen LogP contribution < -0.4 is 0 Å². The van der Waals surface area contributed by atoms with E-state index in [2.05, 4.69) is 4.98 Å². The number of aromatic nitrogens is 1. The van der Waals surface area contributed by atoms with Crippen molar-refractivity contribution < 1.29 is 14.3 Å².